The molecule has 11 heteroatoms. The van der Waals surface area contributed by atoms with Gasteiger partial charge >= 0.3 is 12.6 Å². The Morgan fingerprint density at radius 1 is 1.10 bits per heavy atom. The molecule has 0 saturated carbocycles. The number of non-ortho nitro benzene ring substituents is 1. The lowest BCUT2D eigenvalue weighted by Crippen LogP contribution is -2.11. The van der Waals surface area contributed by atoms with Crippen LogP contribution >= 0.6 is 43.3 Å². The number of nitro groups is 1. The summed E-state index contributed by atoms with van der Waals surface area (Å²) in [5, 5.41) is 8.27. The normalized spacial score (nSPS) is 9.71. The summed E-state index contributed by atoms with van der Waals surface area (Å²) in [7, 11) is 11.2. The molecule has 0 fully saturated rings. The van der Waals surface area contributed by atoms with E-state index in [1.807, 2.05) is 0 Å². The molecule has 1 aromatic carbocycles. The molecule has 0 aliphatic rings. The fourth-order valence-corrected chi connectivity index (χ4v) is 2.71. The molecule has 1 aromatic rings. The molecular weight excluding hydrogens is 383 g/mol. The van der Waals surface area contributed by atoms with E-state index in [2.05, 4.69) is 0 Å². The Kier molecular flexibility index (Phi) is 6.94. The van der Waals surface area contributed by atoms with Gasteiger partial charge in [-0.2, -0.15) is 20.1 Å². The van der Waals surface area contributed by atoms with E-state index in [0.717, 1.165) is 12.1 Å². The zero-order valence-corrected chi connectivity index (χ0v) is 14.1. The van der Waals surface area contributed by atoms with Gasteiger partial charge in [-0.25, -0.2) is 0 Å². The first-order valence-corrected chi connectivity index (χ1v) is 9.79. The molecule has 0 atom stereocenters. The van der Waals surface area contributed by atoms with Crippen LogP contribution in [0.15, 0.2) is 29.8 Å². The second kappa shape index (κ2) is 7.99. The average Bonchev–Trinajstić information content (AvgIpc) is 2.36. The van der Waals surface area contributed by atoms with Gasteiger partial charge in [-0.3, -0.25) is 19.7 Å². The van der Waals surface area contributed by atoms with E-state index in [9.17, 15) is 19.7 Å². The molecule has 0 unspecified atom stereocenters. The SMILES string of the molecule is O=C(Cl)C(C(=O)Cl)=C([O][Al]([Cl])[Cl])c1ccc([N+](=O)[O-])cc1. The van der Waals surface area contributed by atoms with Crippen molar-refractivity contribution < 1.29 is 18.3 Å². The van der Waals surface area contributed by atoms with Gasteiger partial charge in [0.2, 0.25) is 0 Å². The largest absolute Gasteiger partial charge is 0.815 e. The van der Waals surface area contributed by atoms with Gasteiger partial charge in [0.15, 0.2) is 0 Å². The van der Waals surface area contributed by atoms with Crippen molar-refractivity contribution in [3.05, 3.63) is 45.5 Å². The highest BCUT2D eigenvalue weighted by Gasteiger charge is 2.28. The van der Waals surface area contributed by atoms with Crippen LogP contribution in [0, 0.1) is 10.1 Å². The first-order valence-electron chi connectivity index (χ1n) is 5.07. The van der Waals surface area contributed by atoms with Crippen molar-refractivity contribution in [2.45, 2.75) is 0 Å². The maximum Gasteiger partial charge on any atom is 0.815 e. The molecule has 21 heavy (non-hydrogen) atoms. The standard InChI is InChI=1S/C10H5Cl2NO5.Al.2ClH/c11-9(15)7(10(12)16)8(14)5-1-3-6(4-2-5)13(17)18;;;/h1-4,14H;;2*1H/q;+3;;/p-3. The van der Waals surface area contributed by atoms with Gasteiger partial charge < -0.3 is 3.79 Å². The minimum Gasteiger partial charge on any atom is -0.619 e. The van der Waals surface area contributed by atoms with E-state index in [-0.39, 0.29) is 17.0 Å². The molecule has 0 aromatic heterocycles. The number of halogens is 4. The Morgan fingerprint density at radius 3 is 1.90 bits per heavy atom. The Hall–Kier alpha value is -0.808. The van der Waals surface area contributed by atoms with E-state index in [0.29, 0.717) is 0 Å². The van der Waals surface area contributed by atoms with Gasteiger partial charge in [0.25, 0.3) is 16.2 Å². The summed E-state index contributed by atoms with van der Waals surface area (Å²) in [4.78, 5) is 32.6. The summed E-state index contributed by atoms with van der Waals surface area (Å²) in [5.41, 5.74) is -0.692. The molecule has 0 radical (unpaired) electrons. The van der Waals surface area contributed by atoms with Crippen LogP contribution < -0.4 is 0 Å². The Bertz CT molecular complexity index is 600. The van der Waals surface area contributed by atoms with Crippen LogP contribution in [0.1, 0.15) is 5.56 Å². The number of rotatable bonds is 6. The number of allylic oxidation sites excluding steroid dienone is 1. The highest BCUT2D eigenvalue weighted by Crippen LogP contribution is 2.27. The average molecular weight is 387 g/mol. The van der Waals surface area contributed by atoms with Gasteiger partial charge in [-0.1, -0.05) is 0 Å². The highest BCUT2D eigenvalue weighted by atomic mass is 35.7. The molecule has 0 aliphatic heterocycles. The molecule has 0 amide bonds. The van der Waals surface area contributed by atoms with Crippen LogP contribution in [0.4, 0.5) is 5.69 Å². The fourth-order valence-electron chi connectivity index (χ4n) is 1.35. The van der Waals surface area contributed by atoms with Gasteiger partial charge in [0, 0.05) is 17.7 Å². The molecule has 0 aliphatic carbocycles. The fraction of sp³-hybridized carbons (Fsp3) is 0. The van der Waals surface area contributed by atoms with Crippen LogP contribution in [0.25, 0.3) is 5.76 Å². The molecule has 0 spiro atoms. The second-order valence-electron chi connectivity index (χ2n) is 3.43. The predicted octanol–water partition coefficient (Wildman–Crippen LogP) is 3.32. The topological polar surface area (TPSA) is 86.5 Å². The van der Waals surface area contributed by atoms with Crippen molar-refractivity contribution in [2.24, 2.45) is 0 Å². The third kappa shape index (κ3) is 5.15. The van der Waals surface area contributed by atoms with E-state index in [1.165, 1.54) is 12.1 Å². The van der Waals surface area contributed by atoms with Crippen molar-refractivity contribution in [2.75, 3.05) is 0 Å². The van der Waals surface area contributed by atoms with Gasteiger partial charge in [0.05, 0.1) is 4.92 Å². The quantitative estimate of drug-likeness (QED) is 0.109. The summed E-state index contributed by atoms with van der Waals surface area (Å²) in [6.07, 6.45) is 0. The molecule has 6 nitrogen and oxygen atoms in total. The summed E-state index contributed by atoms with van der Waals surface area (Å²) >= 11 is 7.84. The molecule has 1 rings (SSSR count). The number of hydrogen-bond acceptors (Lipinski definition) is 5. The van der Waals surface area contributed by atoms with Crippen LogP contribution in [0.3, 0.4) is 0 Å². The maximum absolute atomic E-state index is 11.3. The number of carbonyl (C=O) groups is 2. The Balaban J connectivity index is 3.43. The zero-order chi connectivity index (χ0) is 16.2. The number of nitro benzene ring substituents is 1. The summed E-state index contributed by atoms with van der Waals surface area (Å²) in [6, 6.07) is 4.79. The van der Waals surface area contributed by atoms with Crippen molar-refractivity contribution in [1.82, 2.24) is 0 Å². The Morgan fingerprint density at radius 2 is 1.57 bits per heavy atom. The van der Waals surface area contributed by atoms with E-state index in [1.54, 1.807) is 0 Å². The summed E-state index contributed by atoms with van der Waals surface area (Å²) in [6.45, 7) is 0. The van der Waals surface area contributed by atoms with Crippen molar-refractivity contribution in [3.63, 3.8) is 0 Å². The first-order chi connectivity index (χ1) is 9.73. The molecule has 0 N–H and O–H groups in total. The predicted molar refractivity (Wildman–Crippen MR) is 80.3 cm³/mol. The maximum atomic E-state index is 11.3. The van der Waals surface area contributed by atoms with Crippen LogP contribution in [-0.2, 0) is 13.4 Å². The third-order valence-electron chi connectivity index (χ3n) is 2.17. The summed E-state index contributed by atoms with van der Waals surface area (Å²) in [5.74, 6) is -0.313. The summed E-state index contributed by atoms with van der Waals surface area (Å²) < 4.78 is 5.09. The molecule has 0 heterocycles. The minimum atomic E-state index is -2.74. The molecular formula is C10H4AlCl4NO5. The highest BCUT2D eigenvalue weighted by molar-refractivity contribution is 7.31. The lowest BCUT2D eigenvalue weighted by atomic mass is 10.1. The number of carbonyl (C=O) groups excluding carboxylic acids is 2. The molecule has 0 saturated heterocycles. The third-order valence-corrected chi connectivity index (χ3v) is 3.49. The van der Waals surface area contributed by atoms with Gasteiger partial charge in [0.1, 0.15) is 11.3 Å². The van der Waals surface area contributed by atoms with Gasteiger partial charge in [-0.15, -0.1) is 0 Å². The zero-order valence-electron chi connectivity index (χ0n) is 9.89. The lowest BCUT2D eigenvalue weighted by molar-refractivity contribution is -0.384. The number of hydrogen-bond donors (Lipinski definition) is 0. The van der Waals surface area contributed by atoms with E-state index in [4.69, 9.17) is 47.1 Å². The lowest BCUT2D eigenvalue weighted by Gasteiger charge is -2.13. The first kappa shape index (κ1) is 18.2. The van der Waals surface area contributed by atoms with Crippen molar-refractivity contribution in [3.8, 4) is 0 Å². The van der Waals surface area contributed by atoms with Crippen molar-refractivity contribution >= 4 is 77.9 Å². The number of nitrogens with zero attached hydrogens (tertiary/aromatic N) is 1. The van der Waals surface area contributed by atoms with Crippen LogP contribution in [-0.4, -0.2) is 28.0 Å². The Labute approximate surface area is 141 Å². The van der Waals surface area contributed by atoms with Crippen LogP contribution in [0.2, 0.25) is 0 Å². The van der Waals surface area contributed by atoms with Crippen LogP contribution in [0.5, 0.6) is 0 Å². The van der Waals surface area contributed by atoms with E-state index >= 15 is 0 Å². The van der Waals surface area contributed by atoms with Gasteiger partial charge in [-0.05, 0) is 35.3 Å². The smallest absolute Gasteiger partial charge is 0.619 e. The molecule has 110 valence electrons. The van der Waals surface area contributed by atoms with Crippen molar-refractivity contribution in [1.29, 1.82) is 0 Å². The molecule has 0 bridgehead atoms. The number of benzene rings is 1. The second-order valence-corrected chi connectivity index (χ2v) is 7.93. The monoisotopic (exact) mass is 385 g/mol. The van der Waals surface area contributed by atoms with E-state index < -0.39 is 33.6 Å². The minimum absolute atomic E-state index is 0.150.